The number of aliphatic hydroxyl groups is 1. The molecule has 0 spiro atoms. The highest BCUT2D eigenvalue weighted by Gasteiger charge is 2.22. The average Bonchev–Trinajstić information content (AvgIpc) is 3.49. The van der Waals surface area contributed by atoms with Gasteiger partial charge >= 0.3 is 0 Å². The van der Waals surface area contributed by atoms with Crippen molar-refractivity contribution in [2.75, 3.05) is 6.61 Å². The fourth-order valence-corrected chi connectivity index (χ4v) is 5.75. The van der Waals surface area contributed by atoms with Crippen LogP contribution in [0.15, 0.2) is 100 Å². The van der Waals surface area contributed by atoms with Gasteiger partial charge in [0.1, 0.15) is 12.4 Å². The summed E-state index contributed by atoms with van der Waals surface area (Å²) in [6, 6.07) is 28.0. The van der Waals surface area contributed by atoms with Crippen LogP contribution in [-0.4, -0.2) is 22.4 Å². The molecule has 1 aliphatic heterocycles. The van der Waals surface area contributed by atoms with E-state index in [9.17, 15) is 9.90 Å². The SMILES string of the molecule is O=c1cc(-c2ccsc2)c2ccc(OCc3cccc(C4CC(O)CCO4)c3)cc2n1Cc1ccccc1. The second-order valence-electron chi connectivity index (χ2n) is 9.73. The first-order valence-electron chi connectivity index (χ1n) is 12.9. The van der Waals surface area contributed by atoms with Crippen molar-refractivity contribution in [2.45, 2.75) is 38.2 Å². The van der Waals surface area contributed by atoms with Crippen LogP contribution in [0.3, 0.4) is 0 Å². The Kier molecular flexibility index (Phi) is 7.10. The average molecular weight is 524 g/mol. The van der Waals surface area contributed by atoms with Crippen molar-refractivity contribution in [3.05, 3.63) is 123 Å². The van der Waals surface area contributed by atoms with Gasteiger partial charge < -0.3 is 19.1 Å². The molecule has 0 saturated carbocycles. The van der Waals surface area contributed by atoms with Gasteiger partial charge in [-0.25, -0.2) is 0 Å². The Labute approximate surface area is 225 Å². The molecule has 3 heterocycles. The molecule has 6 rings (SSSR count). The zero-order valence-corrected chi connectivity index (χ0v) is 21.8. The highest BCUT2D eigenvalue weighted by molar-refractivity contribution is 7.08. The number of rotatable bonds is 7. The Morgan fingerprint density at radius 3 is 2.66 bits per heavy atom. The van der Waals surface area contributed by atoms with Crippen molar-refractivity contribution >= 4 is 22.2 Å². The minimum atomic E-state index is -0.321. The first-order valence-corrected chi connectivity index (χ1v) is 13.8. The minimum Gasteiger partial charge on any atom is -0.489 e. The van der Waals surface area contributed by atoms with Crippen LogP contribution >= 0.6 is 11.3 Å². The number of aromatic nitrogens is 1. The number of aliphatic hydroxyl groups excluding tert-OH is 1. The first-order chi connectivity index (χ1) is 18.6. The number of fused-ring (bicyclic) bond motifs is 1. The zero-order valence-electron chi connectivity index (χ0n) is 21.0. The Morgan fingerprint density at radius 2 is 1.84 bits per heavy atom. The molecule has 192 valence electrons. The Bertz CT molecular complexity index is 1590. The monoisotopic (exact) mass is 523 g/mol. The number of thiophene rings is 1. The van der Waals surface area contributed by atoms with Gasteiger partial charge in [0.05, 0.1) is 24.3 Å². The summed E-state index contributed by atoms with van der Waals surface area (Å²) < 4.78 is 13.9. The lowest BCUT2D eigenvalue weighted by molar-refractivity contribution is -0.0448. The van der Waals surface area contributed by atoms with E-state index in [-0.39, 0.29) is 17.8 Å². The van der Waals surface area contributed by atoms with Crippen LogP contribution in [0.4, 0.5) is 0 Å². The second-order valence-corrected chi connectivity index (χ2v) is 10.5. The molecule has 0 aliphatic carbocycles. The largest absolute Gasteiger partial charge is 0.489 e. The normalized spacial score (nSPS) is 17.5. The topological polar surface area (TPSA) is 60.7 Å². The van der Waals surface area contributed by atoms with E-state index >= 15 is 0 Å². The van der Waals surface area contributed by atoms with E-state index in [1.807, 2.05) is 82.7 Å². The van der Waals surface area contributed by atoms with E-state index in [1.165, 1.54) is 0 Å². The fraction of sp³-hybridized carbons (Fsp3) is 0.219. The molecule has 5 nitrogen and oxygen atoms in total. The quantitative estimate of drug-likeness (QED) is 0.262. The van der Waals surface area contributed by atoms with Crippen molar-refractivity contribution in [3.8, 4) is 16.9 Å². The number of ether oxygens (including phenoxy) is 2. The summed E-state index contributed by atoms with van der Waals surface area (Å²) >= 11 is 1.62. The molecule has 1 fully saturated rings. The van der Waals surface area contributed by atoms with Crippen molar-refractivity contribution < 1.29 is 14.6 Å². The molecule has 0 radical (unpaired) electrons. The molecule has 3 aromatic carbocycles. The maximum absolute atomic E-state index is 13.4. The molecule has 0 amide bonds. The summed E-state index contributed by atoms with van der Waals surface area (Å²) in [6.07, 6.45) is 0.881. The Hall–Kier alpha value is -3.71. The standard InChI is InChI=1S/C32H29NO4S/c34-26-11-13-36-31(16-26)24-8-4-7-23(15-24)20-37-27-9-10-28-29(25-12-14-38-21-25)18-32(35)33(30(28)17-27)19-22-5-2-1-3-6-22/h1-10,12,14-15,17-18,21,26,31,34H,11,13,16,19-20H2. The highest BCUT2D eigenvalue weighted by atomic mass is 32.1. The number of benzene rings is 3. The van der Waals surface area contributed by atoms with E-state index in [4.69, 9.17) is 9.47 Å². The van der Waals surface area contributed by atoms with E-state index in [1.54, 1.807) is 17.4 Å². The van der Waals surface area contributed by atoms with Crippen LogP contribution in [0.25, 0.3) is 22.0 Å². The number of hydrogen-bond donors (Lipinski definition) is 1. The molecule has 0 bridgehead atoms. The van der Waals surface area contributed by atoms with Crippen molar-refractivity contribution in [3.63, 3.8) is 0 Å². The third-order valence-corrected chi connectivity index (χ3v) is 7.77. The van der Waals surface area contributed by atoms with Crippen molar-refractivity contribution in [1.82, 2.24) is 4.57 Å². The third-order valence-electron chi connectivity index (χ3n) is 7.08. The van der Waals surface area contributed by atoms with Crippen LogP contribution in [0.1, 0.15) is 35.6 Å². The van der Waals surface area contributed by atoms with E-state index < -0.39 is 0 Å². The molecular formula is C32H29NO4S. The van der Waals surface area contributed by atoms with Gasteiger partial charge in [-0.3, -0.25) is 4.79 Å². The van der Waals surface area contributed by atoms with Gasteiger partial charge in [0, 0.05) is 30.5 Å². The van der Waals surface area contributed by atoms with Gasteiger partial charge in [-0.1, -0.05) is 48.5 Å². The van der Waals surface area contributed by atoms with Crippen LogP contribution in [0.5, 0.6) is 5.75 Å². The predicted octanol–water partition coefficient (Wildman–Crippen LogP) is 6.57. The van der Waals surface area contributed by atoms with Gasteiger partial charge in [0.2, 0.25) is 0 Å². The lowest BCUT2D eigenvalue weighted by atomic mass is 9.98. The van der Waals surface area contributed by atoms with Crippen LogP contribution in [0, 0.1) is 0 Å². The zero-order chi connectivity index (χ0) is 25.9. The summed E-state index contributed by atoms with van der Waals surface area (Å²) in [6.45, 7) is 1.45. The van der Waals surface area contributed by atoms with Crippen LogP contribution < -0.4 is 10.3 Å². The second kappa shape index (κ2) is 11.0. The molecule has 1 aliphatic rings. The smallest absolute Gasteiger partial charge is 0.251 e. The lowest BCUT2D eigenvalue weighted by Gasteiger charge is -2.27. The molecule has 2 unspecified atom stereocenters. The summed E-state index contributed by atoms with van der Waals surface area (Å²) in [5.74, 6) is 0.705. The van der Waals surface area contributed by atoms with Gasteiger partial charge in [-0.2, -0.15) is 11.3 Å². The summed E-state index contributed by atoms with van der Waals surface area (Å²) in [7, 11) is 0. The van der Waals surface area contributed by atoms with Gasteiger partial charge in [0.15, 0.2) is 0 Å². The maximum atomic E-state index is 13.4. The summed E-state index contributed by atoms with van der Waals surface area (Å²) in [4.78, 5) is 13.4. The number of pyridine rings is 1. The minimum absolute atomic E-state index is 0.0397. The van der Waals surface area contributed by atoms with E-state index in [0.29, 0.717) is 38.3 Å². The Morgan fingerprint density at radius 1 is 0.974 bits per heavy atom. The molecule has 6 heteroatoms. The molecule has 2 aromatic heterocycles. The third kappa shape index (κ3) is 5.29. The summed E-state index contributed by atoms with van der Waals surface area (Å²) in [5, 5.41) is 15.2. The fourth-order valence-electron chi connectivity index (χ4n) is 5.10. The number of nitrogens with zero attached hydrogens (tertiary/aromatic N) is 1. The Balaban J connectivity index is 1.32. The van der Waals surface area contributed by atoms with Gasteiger partial charge in [-0.05, 0) is 69.3 Å². The van der Waals surface area contributed by atoms with Gasteiger partial charge in [0.25, 0.3) is 5.56 Å². The molecule has 2 atom stereocenters. The van der Waals surface area contributed by atoms with E-state index in [0.717, 1.165) is 38.7 Å². The highest BCUT2D eigenvalue weighted by Crippen LogP contribution is 2.32. The molecule has 1 N–H and O–H groups in total. The molecule has 5 aromatic rings. The van der Waals surface area contributed by atoms with Crippen molar-refractivity contribution in [1.29, 1.82) is 0 Å². The lowest BCUT2D eigenvalue weighted by Crippen LogP contribution is -2.23. The maximum Gasteiger partial charge on any atom is 0.251 e. The molecule has 1 saturated heterocycles. The van der Waals surface area contributed by atoms with Crippen molar-refractivity contribution in [2.24, 2.45) is 0 Å². The summed E-state index contributed by atoms with van der Waals surface area (Å²) in [5.41, 5.74) is 5.94. The van der Waals surface area contributed by atoms with Crippen LogP contribution in [-0.2, 0) is 17.9 Å². The number of hydrogen-bond acceptors (Lipinski definition) is 5. The molecule has 38 heavy (non-hydrogen) atoms. The first kappa shape index (κ1) is 24.6. The van der Waals surface area contributed by atoms with Gasteiger partial charge in [-0.15, -0.1) is 0 Å². The predicted molar refractivity (Wildman–Crippen MR) is 152 cm³/mol. The van der Waals surface area contributed by atoms with Crippen LogP contribution in [0.2, 0.25) is 0 Å². The molecular weight excluding hydrogens is 494 g/mol. The van der Waals surface area contributed by atoms with E-state index in [2.05, 4.69) is 11.4 Å².